The summed E-state index contributed by atoms with van der Waals surface area (Å²) in [7, 11) is 0. The van der Waals surface area contributed by atoms with Gasteiger partial charge in [0, 0.05) is 12.0 Å². The fraction of sp³-hybridized carbons (Fsp3) is 0.500. The van der Waals surface area contributed by atoms with Crippen molar-refractivity contribution in [3.8, 4) is 0 Å². The van der Waals surface area contributed by atoms with Gasteiger partial charge in [-0.1, -0.05) is 17.7 Å². The monoisotopic (exact) mass is 261 g/mol. The minimum Gasteiger partial charge on any atom is -0.316 e. The van der Waals surface area contributed by atoms with E-state index < -0.39 is 11.7 Å². The second-order valence-electron chi connectivity index (χ2n) is 4.88. The highest BCUT2D eigenvalue weighted by atomic mass is 35.5. The molecule has 3 rings (SSSR count). The summed E-state index contributed by atoms with van der Waals surface area (Å²) in [6.07, 6.45) is -3.39. The fourth-order valence-corrected chi connectivity index (χ4v) is 3.07. The minimum absolute atomic E-state index is 0.0649. The van der Waals surface area contributed by atoms with Gasteiger partial charge in [-0.15, -0.1) is 0 Å². The van der Waals surface area contributed by atoms with E-state index in [0.717, 1.165) is 25.1 Å². The third-order valence-corrected chi connectivity index (χ3v) is 4.24. The molecule has 2 fully saturated rings. The van der Waals surface area contributed by atoms with E-state index in [0.29, 0.717) is 5.92 Å². The van der Waals surface area contributed by atoms with Crippen molar-refractivity contribution in [2.75, 3.05) is 13.1 Å². The third-order valence-electron chi connectivity index (χ3n) is 3.91. The third kappa shape index (κ3) is 1.66. The van der Waals surface area contributed by atoms with E-state index in [1.807, 2.05) is 0 Å². The van der Waals surface area contributed by atoms with Gasteiger partial charge in [0.25, 0.3) is 0 Å². The molecule has 1 heterocycles. The molecule has 1 N–H and O–H groups in total. The molecule has 1 nitrogen and oxygen atoms in total. The molecule has 0 radical (unpaired) electrons. The number of nitrogens with one attached hydrogen (secondary N) is 1. The zero-order valence-electron chi connectivity index (χ0n) is 8.94. The Hall–Kier alpha value is -0.740. The molecule has 92 valence electrons. The van der Waals surface area contributed by atoms with E-state index in [4.69, 9.17) is 11.6 Å². The summed E-state index contributed by atoms with van der Waals surface area (Å²) >= 11 is 5.61. The molecule has 1 aliphatic carbocycles. The summed E-state index contributed by atoms with van der Waals surface area (Å²) in [5.74, 6) is 0.491. The molecular weight excluding hydrogens is 251 g/mol. The van der Waals surface area contributed by atoms with Gasteiger partial charge in [-0.3, -0.25) is 0 Å². The number of rotatable bonds is 1. The second kappa shape index (κ2) is 3.39. The van der Waals surface area contributed by atoms with Crippen LogP contribution in [0.15, 0.2) is 18.2 Å². The van der Waals surface area contributed by atoms with Crippen molar-refractivity contribution in [2.45, 2.75) is 18.0 Å². The van der Waals surface area contributed by atoms with Gasteiger partial charge in [0.15, 0.2) is 0 Å². The molecule has 1 unspecified atom stereocenters. The van der Waals surface area contributed by atoms with Crippen molar-refractivity contribution in [3.63, 3.8) is 0 Å². The van der Waals surface area contributed by atoms with Crippen LogP contribution in [-0.2, 0) is 11.6 Å². The molecule has 2 atom stereocenters. The summed E-state index contributed by atoms with van der Waals surface area (Å²) in [6.45, 7) is 1.68. The molecule has 1 saturated carbocycles. The molecule has 5 heteroatoms. The van der Waals surface area contributed by atoms with Crippen molar-refractivity contribution >= 4 is 11.6 Å². The average molecular weight is 262 g/mol. The van der Waals surface area contributed by atoms with Crippen LogP contribution in [0.4, 0.5) is 13.2 Å². The smallest absolute Gasteiger partial charge is 0.316 e. The summed E-state index contributed by atoms with van der Waals surface area (Å²) in [5, 5.41) is 3.00. The lowest BCUT2D eigenvalue weighted by Gasteiger charge is -2.16. The molecular formula is C12H11ClF3N. The minimum atomic E-state index is -4.37. The Bertz CT molecular complexity index is 471. The summed E-state index contributed by atoms with van der Waals surface area (Å²) in [5.41, 5.74) is -0.0160. The van der Waals surface area contributed by atoms with Gasteiger partial charge in [-0.2, -0.15) is 13.2 Å². The van der Waals surface area contributed by atoms with Crippen LogP contribution in [0.1, 0.15) is 17.5 Å². The van der Waals surface area contributed by atoms with Gasteiger partial charge in [0.05, 0.1) is 10.6 Å². The number of benzene rings is 1. The van der Waals surface area contributed by atoms with E-state index in [1.165, 1.54) is 12.1 Å². The van der Waals surface area contributed by atoms with Crippen LogP contribution < -0.4 is 5.32 Å². The van der Waals surface area contributed by atoms with Gasteiger partial charge in [-0.25, -0.2) is 0 Å². The highest BCUT2D eigenvalue weighted by Crippen LogP contribution is 2.57. The molecule has 0 amide bonds. The second-order valence-corrected chi connectivity index (χ2v) is 5.29. The summed E-state index contributed by atoms with van der Waals surface area (Å²) in [4.78, 5) is 0. The first-order valence-electron chi connectivity index (χ1n) is 5.51. The molecule has 0 bridgehead atoms. The standard InChI is InChI=1S/C12H11ClF3N/c13-10-2-1-7(3-9(10)12(14,15)16)11-4-8(11)5-17-6-11/h1-3,8,17H,4-6H2/t8?,11-/m1/s1. The van der Waals surface area contributed by atoms with E-state index in [1.54, 1.807) is 6.07 Å². The Morgan fingerprint density at radius 1 is 1.35 bits per heavy atom. The SMILES string of the molecule is FC(F)(F)c1cc([C@@]23CNCC2C3)ccc1Cl. The van der Waals surface area contributed by atoms with Crippen molar-refractivity contribution in [3.05, 3.63) is 34.3 Å². The predicted octanol–water partition coefficient (Wildman–Crippen LogP) is 3.22. The van der Waals surface area contributed by atoms with Crippen LogP contribution in [0, 0.1) is 5.92 Å². The van der Waals surface area contributed by atoms with Gasteiger partial charge in [0.2, 0.25) is 0 Å². The van der Waals surface area contributed by atoms with Crippen molar-refractivity contribution in [1.29, 1.82) is 0 Å². The largest absolute Gasteiger partial charge is 0.417 e. The maximum absolute atomic E-state index is 12.8. The maximum atomic E-state index is 12.8. The number of hydrogen-bond acceptors (Lipinski definition) is 1. The molecule has 17 heavy (non-hydrogen) atoms. The van der Waals surface area contributed by atoms with E-state index in [2.05, 4.69) is 5.32 Å². The average Bonchev–Trinajstić information content (AvgIpc) is 2.80. The Morgan fingerprint density at radius 3 is 2.65 bits per heavy atom. The van der Waals surface area contributed by atoms with Gasteiger partial charge < -0.3 is 5.32 Å². The topological polar surface area (TPSA) is 12.0 Å². The Morgan fingerprint density at radius 2 is 2.12 bits per heavy atom. The first-order chi connectivity index (χ1) is 7.93. The summed E-state index contributed by atoms with van der Waals surface area (Å²) in [6, 6.07) is 4.31. The molecule has 0 spiro atoms. The van der Waals surface area contributed by atoms with Crippen LogP contribution >= 0.6 is 11.6 Å². The van der Waals surface area contributed by atoms with E-state index in [9.17, 15) is 13.2 Å². The number of hydrogen-bond donors (Lipinski definition) is 1. The van der Waals surface area contributed by atoms with E-state index in [-0.39, 0.29) is 10.4 Å². The van der Waals surface area contributed by atoms with Gasteiger partial charge >= 0.3 is 6.18 Å². The molecule has 1 aromatic rings. The number of piperidine rings is 1. The number of alkyl halides is 3. The van der Waals surface area contributed by atoms with Gasteiger partial charge in [-0.05, 0) is 36.6 Å². The number of fused-ring (bicyclic) bond motifs is 1. The van der Waals surface area contributed by atoms with Crippen LogP contribution in [0.5, 0.6) is 0 Å². The van der Waals surface area contributed by atoms with Gasteiger partial charge in [0.1, 0.15) is 0 Å². The van der Waals surface area contributed by atoms with Crippen molar-refractivity contribution in [1.82, 2.24) is 5.32 Å². The number of halogens is 4. The summed E-state index contributed by atoms with van der Waals surface area (Å²) < 4.78 is 38.3. The van der Waals surface area contributed by atoms with Crippen LogP contribution in [0.3, 0.4) is 0 Å². The van der Waals surface area contributed by atoms with Crippen LogP contribution in [0.25, 0.3) is 0 Å². The van der Waals surface area contributed by atoms with Crippen LogP contribution in [-0.4, -0.2) is 13.1 Å². The van der Waals surface area contributed by atoms with Crippen molar-refractivity contribution in [2.24, 2.45) is 5.92 Å². The highest BCUT2D eigenvalue weighted by Gasteiger charge is 2.58. The normalized spacial score (nSPS) is 31.4. The molecule has 2 aliphatic rings. The first-order valence-corrected chi connectivity index (χ1v) is 5.89. The Balaban J connectivity index is 2.03. The zero-order valence-corrected chi connectivity index (χ0v) is 9.70. The Kier molecular flexibility index (Phi) is 2.26. The molecule has 1 aliphatic heterocycles. The highest BCUT2D eigenvalue weighted by molar-refractivity contribution is 6.31. The molecule has 1 saturated heterocycles. The quantitative estimate of drug-likeness (QED) is 0.819. The first kappa shape index (κ1) is 11.4. The lowest BCUT2D eigenvalue weighted by Crippen LogP contribution is -2.20. The van der Waals surface area contributed by atoms with E-state index >= 15 is 0 Å². The van der Waals surface area contributed by atoms with Crippen LogP contribution in [0.2, 0.25) is 5.02 Å². The fourth-order valence-electron chi connectivity index (χ4n) is 2.84. The molecule has 1 aromatic carbocycles. The Labute approximate surface area is 102 Å². The zero-order chi connectivity index (χ0) is 12.3. The lowest BCUT2D eigenvalue weighted by molar-refractivity contribution is -0.137. The predicted molar refractivity (Wildman–Crippen MR) is 59.1 cm³/mol. The maximum Gasteiger partial charge on any atom is 0.417 e. The van der Waals surface area contributed by atoms with Crippen molar-refractivity contribution < 1.29 is 13.2 Å². The molecule has 0 aromatic heterocycles. The lowest BCUT2D eigenvalue weighted by atomic mass is 9.93.